The summed E-state index contributed by atoms with van der Waals surface area (Å²) in [5.41, 5.74) is -0.713. The highest BCUT2D eigenvalue weighted by molar-refractivity contribution is 7.99. The second-order valence-corrected chi connectivity index (χ2v) is 4.94. The molecule has 0 aromatic carbocycles. The van der Waals surface area contributed by atoms with Crippen LogP contribution in [0.5, 0.6) is 0 Å². The van der Waals surface area contributed by atoms with E-state index in [4.69, 9.17) is 4.74 Å². The number of alkyl halides is 3. The van der Waals surface area contributed by atoms with Gasteiger partial charge in [-0.25, -0.2) is 4.98 Å². The van der Waals surface area contributed by atoms with E-state index < -0.39 is 11.7 Å². The van der Waals surface area contributed by atoms with Crippen LogP contribution in [-0.4, -0.2) is 37.5 Å². The lowest BCUT2D eigenvalue weighted by Gasteiger charge is -2.07. The Hall–Kier alpha value is -0.790. The van der Waals surface area contributed by atoms with Gasteiger partial charge in [-0.3, -0.25) is 0 Å². The number of nitrogens with zero attached hydrogens (tertiary/aromatic N) is 1. The average Bonchev–Trinajstić information content (AvgIpc) is 2.37. The van der Waals surface area contributed by atoms with E-state index in [1.54, 1.807) is 7.11 Å². The lowest BCUT2D eigenvalue weighted by Crippen LogP contribution is -2.19. The summed E-state index contributed by atoms with van der Waals surface area (Å²) in [7, 11) is 1.66. The van der Waals surface area contributed by atoms with Crippen molar-refractivity contribution in [2.45, 2.75) is 17.6 Å². The summed E-state index contributed by atoms with van der Waals surface area (Å²) in [6.45, 7) is 2.38. The number of nitrogens with one attached hydrogen (secondary N) is 1. The maximum atomic E-state index is 12.3. The Kier molecular flexibility index (Phi) is 7.19. The zero-order valence-electron chi connectivity index (χ0n) is 10.7. The predicted octanol–water partition coefficient (Wildman–Crippen LogP) is 2.82. The van der Waals surface area contributed by atoms with E-state index >= 15 is 0 Å². The molecule has 1 aromatic rings. The zero-order valence-corrected chi connectivity index (χ0v) is 11.5. The largest absolute Gasteiger partial charge is 0.417 e. The number of thioether (sulfide) groups is 1. The highest BCUT2D eigenvalue weighted by atomic mass is 32.2. The van der Waals surface area contributed by atoms with Crippen LogP contribution in [0.25, 0.3) is 0 Å². The molecule has 108 valence electrons. The third-order valence-electron chi connectivity index (χ3n) is 2.29. The molecule has 0 atom stereocenters. The summed E-state index contributed by atoms with van der Waals surface area (Å²) in [6, 6.07) is 2.46. The fourth-order valence-corrected chi connectivity index (χ4v) is 2.07. The Labute approximate surface area is 114 Å². The van der Waals surface area contributed by atoms with Gasteiger partial charge < -0.3 is 10.1 Å². The molecule has 1 N–H and O–H groups in total. The van der Waals surface area contributed by atoms with E-state index in [-0.39, 0.29) is 0 Å². The van der Waals surface area contributed by atoms with Crippen molar-refractivity contribution in [3.05, 3.63) is 23.9 Å². The summed E-state index contributed by atoms with van der Waals surface area (Å²) in [5.74, 6) is 0.769. The zero-order chi connectivity index (χ0) is 14.1. The van der Waals surface area contributed by atoms with Gasteiger partial charge in [0.05, 0.1) is 10.6 Å². The molecule has 0 unspecified atom stereocenters. The molecular formula is C12H17F3N2OS. The SMILES string of the molecule is COCCCNCCSc1ccc(C(F)(F)F)cn1. The number of hydrogen-bond donors (Lipinski definition) is 1. The summed E-state index contributed by atoms with van der Waals surface area (Å²) < 4.78 is 41.8. The van der Waals surface area contributed by atoms with Crippen LogP contribution in [-0.2, 0) is 10.9 Å². The topological polar surface area (TPSA) is 34.1 Å². The van der Waals surface area contributed by atoms with Crippen molar-refractivity contribution < 1.29 is 17.9 Å². The van der Waals surface area contributed by atoms with Gasteiger partial charge in [0.15, 0.2) is 0 Å². The van der Waals surface area contributed by atoms with Crippen LogP contribution in [0, 0.1) is 0 Å². The maximum Gasteiger partial charge on any atom is 0.417 e. The second kappa shape index (κ2) is 8.39. The van der Waals surface area contributed by atoms with Crippen molar-refractivity contribution >= 4 is 11.8 Å². The van der Waals surface area contributed by atoms with Crippen LogP contribution in [0.2, 0.25) is 0 Å². The van der Waals surface area contributed by atoms with Gasteiger partial charge in [-0.1, -0.05) is 0 Å². The van der Waals surface area contributed by atoms with E-state index in [1.165, 1.54) is 17.8 Å². The van der Waals surface area contributed by atoms with Crippen LogP contribution < -0.4 is 5.32 Å². The molecule has 0 fully saturated rings. The Morgan fingerprint density at radius 3 is 2.68 bits per heavy atom. The molecule has 0 saturated heterocycles. The number of rotatable bonds is 8. The summed E-state index contributed by atoms with van der Waals surface area (Å²) in [5, 5.41) is 3.82. The van der Waals surface area contributed by atoms with Gasteiger partial charge in [0.25, 0.3) is 0 Å². The van der Waals surface area contributed by atoms with Gasteiger partial charge in [-0.05, 0) is 25.1 Å². The molecule has 0 spiro atoms. The number of ether oxygens (including phenoxy) is 1. The molecule has 0 saturated carbocycles. The minimum atomic E-state index is -4.32. The first-order valence-corrected chi connectivity index (χ1v) is 6.88. The fourth-order valence-electron chi connectivity index (χ4n) is 1.33. The van der Waals surface area contributed by atoms with Crippen molar-refractivity contribution in [1.82, 2.24) is 10.3 Å². The van der Waals surface area contributed by atoms with Gasteiger partial charge in [0.1, 0.15) is 0 Å². The lowest BCUT2D eigenvalue weighted by molar-refractivity contribution is -0.137. The van der Waals surface area contributed by atoms with E-state index in [1.807, 2.05) is 0 Å². The normalized spacial score (nSPS) is 11.8. The minimum Gasteiger partial charge on any atom is -0.385 e. The summed E-state index contributed by atoms with van der Waals surface area (Å²) in [4.78, 5) is 3.79. The average molecular weight is 294 g/mol. The van der Waals surface area contributed by atoms with E-state index in [0.717, 1.165) is 44.1 Å². The highest BCUT2D eigenvalue weighted by Gasteiger charge is 2.30. The van der Waals surface area contributed by atoms with Crippen molar-refractivity contribution in [3.8, 4) is 0 Å². The van der Waals surface area contributed by atoms with Gasteiger partial charge in [0, 0.05) is 32.2 Å². The predicted molar refractivity (Wildman–Crippen MR) is 69.3 cm³/mol. The van der Waals surface area contributed by atoms with Crippen LogP contribution in [0.4, 0.5) is 13.2 Å². The highest BCUT2D eigenvalue weighted by Crippen LogP contribution is 2.29. The van der Waals surface area contributed by atoms with Crippen LogP contribution in [0.1, 0.15) is 12.0 Å². The molecule has 0 bridgehead atoms. The first-order valence-electron chi connectivity index (χ1n) is 5.89. The van der Waals surface area contributed by atoms with E-state index in [0.29, 0.717) is 5.03 Å². The quantitative estimate of drug-likeness (QED) is 0.590. The summed E-state index contributed by atoms with van der Waals surface area (Å²) >= 11 is 1.43. The number of hydrogen-bond acceptors (Lipinski definition) is 4. The molecule has 0 radical (unpaired) electrons. The van der Waals surface area contributed by atoms with Gasteiger partial charge in [0.2, 0.25) is 0 Å². The van der Waals surface area contributed by atoms with Crippen molar-refractivity contribution in [2.75, 3.05) is 32.6 Å². The molecule has 3 nitrogen and oxygen atoms in total. The second-order valence-electron chi connectivity index (χ2n) is 3.83. The first kappa shape index (κ1) is 16.3. The van der Waals surface area contributed by atoms with E-state index in [2.05, 4.69) is 10.3 Å². The smallest absolute Gasteiger partial charge is 0.385 e. The monoisotopic (exact) mass is 294 g/mol. The molecular weight excluding hydrogens is 277 g/mol. The minimum absolute atomic E-state index is 0.603. The maximum absolute atomic E-state index is 12.3. The Morgan fingerprint density at radius 2 is 2.11 bits per heavy atom. The third-order valence-corrected chi connectivity index (χ3v) is 3.24. The first-order chi connectivity index (χ1) is 9.04. The van der Waals surface area contributed by atoms with Gasteiger partial charge in [-0.2, -0.15) is 13.2 Å². The Morgan fingerprint density at radius 1 is 1.32 bits per heavy atom. The molecule has 1 rings (SSSR count). The van der Waals surface area contributed by atoms with Crippen LogP contribution in [0.3, 0.4) is 0 Å². The van der Waals surface area contributed by atoms with Crippen LogP contribution >= 0.6 is 11.8 Å². The Balaban J connectivity index is 2.20. The van der Waals surface area contributed by atoms with Crippen LogP contribution in [0.15, 0.2) is 23.4 Å². The lowest BCUT2D eigenvalue weighted by atomic mass is 10.3. The summed E-state index contributed by atoms with van der Waals surface area (Å²) in [6.07, 6.45) is -2.51. The standard InChI is InChI=1S/C12H17F3N2OS/c1-18-7-2-5-16-6-8-19-11-4-3-10(9-17-11)12(13,14)15/h3-4,9,16H,2,5-8H2,1H3. The Bertz CT molecular complexity index is 357. The number of aromatic nitrogens is 1. The van der Waals surface area contributed by atoms with Gasteiger partial charge in [-0.15, -0.1) is 11.8 Å². The third kappa shape index (κ3) is 6.79. The molecule has 0 aliphatic carbocycles. The molecule has 0 aliphatic heterocycles. The molecule has 1 heterocycles. The molecule has 19 heavy (non-hydrogen) atoms. The van der Waals surface area contributed by atoms with Crippen molar-refractivity contribution in [3.63, 3.8) is 0 Å². The van der Waals surface area contributed by atoms with Crippen molar-refractivity contribution in [2.24, 2.45) is 0 Å². The number of methoxy groups -OCH3 is 1. The molecule has 0 amide bonds. The van der Waals surface area contributed by atoms with Gasteiger partial charge >= 0.3 is 6.18 Å². The number of halogens is 3. The molecule has 7 heteroatoms. The molecule has 1 aromatic heterocycles. The fraction of sp³-hybridized carbons (Fsp3) is 0.583. The van der Waals surface area contributed by atoms with Crippen molar-refractivity contribution in [1.29, 1.82) is 0 Å². The molecule has 0 aliphatic rings. The van der Waals surface area contributed by atoms with E-state index in [9.17, 15) is 13.2 Å². The number of pyridine rings is 1.